The van der Waals surface area contributed by atoms with Crippen molar-refractivity contribution >= 4 is 6.09 Å². The van der Waals surface area contributed by atoms with Crippen LogP contribution >= 0.6 is 0 Å². The minimum absolute atomic E-state index is 0.197. The molecule has 0 aliphatic heterocycles. The lowest BCUT2D eigenvalue weighted by Crippen LogP contribution is -2.30. The summed E-state index contributed by atoms with van der Waals surface area (Å²) in [6.07, 6.45) is -5.09. The van der Waals surface area contributed by atoms with Crippen molar-refractivity contribution in [2.24, 2.45) is 0 Å². The van der Waals surface area contributed by atoms with E-state index in [1.165, 1.54) is 0 Å². The van der Waals surface area contributed by atoms with Crippen molar-refractivity contribution < 1.29 is 27.4 Å². The van der Waals surface area contributed by atoms with Gasteiger partial charge in [-0.05, 0) is 24.1 Å². The Labute approximate surface area is 108 Å². The highest BCUT2D eigenvalue weighted by Crippen LogP contribution is 2.14. The van der Waals surface area contributed by atoms with E-state index >= 15 is 0 Å². The molecule has 0 radical (unpaired) electrons. The Morgan fingerprint density at radius 1 is 1.26 bits per heavy atom. The molecule has 0 aliphatic rings. The first kappa shape index (κ1) is 15.1. The first-order valence-corrected chi connectivity index (χ1v) is 5.51. The van der Waals surface area contributed by atoms with E-state index in [2.05, 4.69) is 10.1 Å². The molecule has 0 bridgehead atoms. The van der Waals surface area contributed by atoms with Crippen LogP contribution in [-0.4, -0.2) is 32.5 Å². The molecular formula is C12H14F3NO3. The predicted octanol–water partition coefficient (Wildman–Crippen LogP) is 2.53. The predicted molar refractivity (Wildman–Crippen MR) is 62.1 cm³/mol. The third-order valence-corrected chi connectivity index (χ3v) is 2.21. The van der Waals surface area contributed by atoms with E-state index in [4.69, 9.17) is 4.74 Å². The number of methoxy groups -OCH3 is 1. The maximum Gasteiger partial charge on any atom is 0.422 e. The Morgan fingerprint density at radius 2 is 1.89 bits per heavy atom. The van der Waals surface area contributed by atoms with E-state index in [0.717, 1.165) is 5.56 Å². The molecule has 7 heteroatoms. The van der Waals surface area contributed by atoms with Gasteiger partial charge >= 0.3 is 12.3 Å². The SMILES string of the molecule is COc1ccc(CCNC(=O)OCC(F)(F)F)cc1. The molecule has 0 aromatic heterocycles. The largest absolute Gasteiger partial charge is 0.497 e. The number of alkyl halides is 3. The number of amides is 1. The van der Waals surface area contributed by atoms with Crippen LogP contribution in [0.25, 0.3) is 0 Å². The molecule has 0 spiro atoms. The minimum Gasteiger partial charge on any atom is -0.497 e. The summed E-state index contributed by atoms with van der Waals surface area (Å²) in [5, 5.41) is 2.24. The number of benzene rings is 1. The van der Waals surface area contributed by atoms with Crippen molar-refractivity contribution in [3.05, 3.63) is 29.8 Å². The second-order valence-electron chi connectivity index (χ2n) is 3.72. The second kappa shape index (κ2) is 6.86. The number of ether oxygens (including phenoxy) is 2. The van der Waals surface area contributed by atoms with Gasteiger partial charge in [-0.2, -0.15) is 13.2 Å². The standard InChI is InChI=1S/C12H14F3NO3/c1-18-10-4-2-9(3-5-10)6-7-16-11(17)19-8-12(13,14)15/h2-5H,6-8H2,1H3,(H,16,17). The van der Waals surface area contributed by atoms with Crippen molar-refractivity contribution in [3.63, 3.8) is 0 Å². The number of alkyl carbamates (subject to hydrolysis) is 1. The number of hydrogen-bond donors (Lipinski definition) is 1. The van der Waals surface area contributed by atoms with Crippen LogP contribution in [-0.2, 0) is 11.2 Å². The number of rotatable bonds is 5. The van der Waals surface area contributed by atoms with Gasteiger partial charge in [0.2, 0.25) is 0 Å². The molecule has 1 N–H and O–H groups in total. The molecule has 0 heterocycles. The fraction of sp³-hybridized carbons (Fsp3) is 0.417. The molecule has 0 aliphatic carbocycles. The van der Waals surface area contributed by atoms with E-state index < -0.39 is 18.9 Å². The van der Waals surface area contributed by atoms with Crippen LogP contribution in [0.3, 0.4) is 0 Å². The van der Waals surface area contributed by atoms with E-state index in [0.29, 0.717) is 12.2 Å². The summed E-state index contributed by atoms with van der Waals surface area (Å²) in [7, 11) is 1.55. The molecule has 4 nitrogen and oxygen atoms in total. The van der Waals surface area contributed by atoms with Gasteiger partial charge < -0.3 is 14.8 Å². The monoisotopic (exact) mass is 277 g/mol. The van der Waals surface area contributed by atoms with Crippen molar-refractivity contribution in [2.75, 3.05) is 20.3 Å². The van der Waals surface area contributed by atoms with Gasteiger partial charge in [0, 0.05) is 6.54 Å². The molecule has 1 amide bonds. The highest BCUT2D eigenvalue weighted by Gasteiger charge is 2.29. The van der Waals surface area contributed by atoms with Gasteiger partial charge in [0.15, 0.2) is 6.61 Å². The summed E-state index contributed by atoms with van der Waals surface area (Å²) in [5.74, 6) is 0.710. The smallest absolute Gasteiger partial charge is 0.422 e. The highest BCUT2D eigenvalue weighted by atomic mass is 19.4. The lowest BCUT2D eigenvalue weighted by Gasteiger charge is -2.09. The van der Waals surface area contributed by atoms with Crippen LogP contribution in [0.1, 0.15) is 5.56 Å². The Morgan fingerprint density at radius 3 is 2.42 bits per heavy atom. The van der Waals surface area contributed by atoms with Crippen LogP contribution < -0.4 is 10.1 Å². The van der Waals surface area contributed by atoms with Gasteiger partial charge in [0.25, 0.3) is 0 Å². The third-order valence-electron chi connectivity index (χ3n) is 2.21. The van der Waals surface area contributed by atoms with Crippen LogP contribution in [0.15, 0.2) is 24.3 Å². The fourth-order valence-electron chi connectivity index (χ4n) is 1.30. The van der Waals surface area contributed by atoms with Gasteiger partial charge in [-0.3, -0.25) is 0 Å². The molecule has 0 fully saturated rings. The molecule has 0 saturated carbocycles. The Balaban J connectivity index is 2.24. The Bertz CT molecular complexity index is 404. The van der Waals surface area contributed by atoms with Crippen molar-refractivity contribution in [3.8, 4) is 5.75 Å². The maximum atomic E-state index is 11.8. The lowest BCUT2D eigenvalue weighted by molar-refractivity contribution is -0.160. The number of hydrogen-bond acceptors (Lipinski definition) is 3. The molecule has 0 unspecified atom stereocenters. The van der Waals surface area contributed by atoms with E-state index in [-0.39, 0.29) is 6.54 Å². The fourth-order valence-corrected chi connectivity index (χ4v) is 1.30. The number of carbonyl (C=O) groups is 1. The maximum absolute atomic E-state index is 11.8. The summed E-state index contributed by atoms with van der Waals surface area (Å²) < 4.78 is 44.2. The molecule has 0 atom stereocenters. The molecule has 1 aromatic carbocycles. The first-order valence-electron chi connectivity index (χ1n) is 5.51. The van der Waals surface area contributed by atoms with Gasteiger partial charge in [0.05, 0.1) is 7.11 Å². The van der Waals surface area contributed by atoms with Crippen LogP contribution in [0.2, 0.25) is 0 Å². The summed E-state index contributed by atoms with van der Waals surface area (Å²) >= 11 is 0. The van der Waals surface area contributed by atoms with Crippen molar-refractivity contribution in [1.82, 2.24) is 5.32 Å². The topological polar surface area (TPSA) is 47.6 Å². The summed E-state index contributed by atoms with van der Waals surface area (Å²) in [6, 6.07) is 7.14. The van der Waals surface area contributed by atoms with E-state index in [1.807, 2.05) is 12.1 Å². The molecule has 19 heavy (non-hydrogen) atoms. The molecule has 0 saturated heterocycles. The molecular weight excluding hydrogens is 263 g/mol. The van der Waals surface area contributed by atoms with Crippen molar-refractivity contribution in [2.45, 2.75) is 12.6 Å². The van der Waals surface area contributed by atoms with Gasteiger partial charge in [-0.1, -0.05) is 12.1 Å². The third kappa shape index (κ3) is 6.54. The molecule has 1 aromatic rings. The molecule has 1 rings (SSSR count). The minimum atomic E-state index is -4.51. The number of carbonyl (C=O) groups excluding carboxylic acids is 1. The normalized spacial score (nSPS) is 10.9. The van der Waals surface area contributed by atoms with Gasteiger partial charge in [0.1, 0.15) is 5.75 Å². The first-order chi connectivity index (χ1) is 8.90. The highest BCUT2D eigenvalue weighted by molar-refractivity contribution is 5.67. The average molecular weight is 277 g/mol. The Hall–Kier alpha value is -1.92. The zero-order valence-corrected chi connectivity index (χ0v) is 10.3. The lowest BCUT2D eigenvalue weighted by atomic mass is 10.1. The second-order valence-corrected chi connectivity index (χ2v) is 3.72. The zero-order chi connectivity index (χ0) is 14.3. The molecule has 106 valence electrons. The van der Waals surface area contributed by atoms with Gasteiger partial charge in [-0.15, -0.1) is 0 Å². The zero-order valence-electron chi connectivity index (χ0n) is 10.3. The summed E-state index contributed by atoms with van der Waals surface area (Å²) in [6.45, 7) is -1.38. The summed E-state index contributed by atoms with van der Waals surface area (Å²) in [4.78, 5) is 10.9. The average Bonchev–Trinajstić information content (AvgIpc) is 2.36. The number of nitrogens with one attached hydrogen (secondary N) is 1. The number of halogens is 3. The quantitative estimate of drug-likeness (QED) is 0.899. The van der Waals surface area contributed by atoms with E-state index in [9.17, 15) is 18.0 Å². The van der Waals surface area contributed by atoms with Crippen LogP contribution in [0.5, 0.6) is 5.75 Å². The van der Waals surface area contributed by atoms with Crippen molar-refractivity contribution in [1.29, 1.82) is 0 Å². The van der Waals surface area contributed by atoms with Gasteiger partial charge in [-0.25, -0.2) is 4.79 Å². The summed E-state index contributed by atoms with van der Waals surface area (Å²) in [5.41, 5.74) is 0.928. The van der Waals surface area contributed by atoms with Crippen LogP contribution in [0.4, 0.5) is 18.0 Å². The Kier molecular flexibility index (Phi) is 5.47. The van der Waals surface area contributed by atoms with Crippen LogP contribution in [0, 0.1) is 0 Å². The van der Waals surface area contributed by atoms with E-state index in [1.54, 1.807) is 19.2 Å².